The van der Waals surface area contributed by atoms with E-state index in [0.29, 0.717) is 16.8 Å². The van der Waals surface area contributed by atoms with Crippen LogP contribution in [0.15, 0.2) is 35.4 Å². The van der Waals surface area contributed by atoms with Crippen molar-refractivity contribution >= 4 is 27.5 Å². The number of rotatable bonds is 5. The van der Waals surface area contributed by atoms with Crippen LogP contribution in [0.1, 0.15) is 23.8 Å². The van der Waals surface area contributed by atoms with Crippen LogP contribution < -0.4 is 5.56 Å². The maximum absolute atomic E-state index is 12.9. The van der Waals surface area contributed by atoms with Gasteiger partial charge in [-0.3, -0.25) is 14.2 Å². The third-order valence-corrected chi connectivity index (χ3v) is 4.97. The first-order valence-electron chi connectivity index (χ1n) is 8.22. The minimum absolute atomic E-state index is 0.121. The van der Waals surface area contributed by atoms with Gasteiger partial charge < -0.3 is 4.74 Å². The van der Waals surface area contributed by atoms with Gasteiger partial charge in [-0.05, 0) is 25.8 Å². The molecule has 0 bridgehead atoms. The monoisotopic (exact) mass is 356 g/mol. The topological polar surface area (TPSA) is 61.2 Å². The second-order valence-electron chi connectivity index (χ2n) is 5.98. The molecule has 0 aliphatic heterocycles. The van der Waals surface area contributed by atoms with Crippen LogP contribution in [0.2, 0.25) is 0 Å². The smallest absolute Gasteiger partial charge is 0.326 e. The molecule has 0 radical (unpaired) electrons. The summed E-state index contributed by atoms with van der Waals surface area (Å²) in [7, 11) is 0. The molecule has 6 heteroatoms. The van der Waals surface area contributed by atoms with E-state index < -0.39 is 5.97 Å². The van der Waals surface area contributed by atoms with Gasteiger partial charge in [-0.25, -0.2) is 4.98 Å². The molecule has 0 saturated heterocycles. The quantitative estimate of drug-likeness (QED) is 0.654. The van der Waals surface area contributed by atoms with E-state index in [0.717, 1.165) is 28.0 Å². The average Bonchev–Trinajstić information content (AvgIpc) is 2.93. The maximum Gasteiger partial charge on any atom is 0.326 e. The van der Waals surface area contributed by atoms with Gasteiger partial charge in [0.2, 0.25) is 0 Å². The van der Waals surface area contributed by atoms with Gasteiger partial charge in [-0.15, -0.1) is 11.3 Å². The molecule has 5 nitrogen and oxygen atoms in total. The van der Waals surface area contributed by atoms with E-state index in [1.54, 1.807) is 0 Å². The summed E-state index contributed by atoms with van der Waals surface area (Å²) in [6.07, 6.45) is 2.17. The fourth-order valence-electron chi connectivity index (χ4n) is 2.72. The Balaban J connectivity index is 2.08. The Hall–Kier alpha value is -2.47. The van der Waals surface area contributed by atoms with E-state index in [1.165, 1.54) is 22.2 Å². The predicted molar refractivity (Wildman–Crippen MR) is 100 cm³/mol. The minimum atomic E-state index is -0.422. The highest BCUT2D eigenvalue weighted by Crippen LogP contribution is 2.35. The largest absolute Gasteiger partial charge is 0.464 e. The molecule has 0 saturated carbocycles. The van der Waals surface area contributed by atoms with E-state index in [-0.39, 0.29) is 12.1 Å². The van der Waals surface area contributed by atoms with Gasteiger partial charge in [0.05, 0.1) is 18.3 Å². The molecule has 0 atom stereocenters. The zero-order valence-electron chi connectivity index (χ0n) is 14.5. The first kappa shape index (κ1) is 17.4. The van der Waals surface area contributed by atoms with Crippen molar-refractivity contribution < 1.29 is 9.53 Å². The van der Waals surface area contributed by atoms with E-state index in [1.807, 2.05) is 45.0 Å². The summed E-state index contributed by atoms with van der Waals surface area (Å²) in [4.78, 5) is 30.9. The van der Waals surface area contributed by atoms with Gasteiger partial charge in [0.1, 0.15) is 11.4 Å². The number of benzene rings is 1. The first-order chi connectivity index (χ1) is 12.0. The SMILES string of the molecule is CCCOC(=O)Cn1cnc2sc(C)c(-c3ccc(C)cc3)c2c1=O. The lowest BCUT2D eigenvalue weighted by atomic mass is 10.0. The Morgan fingerprint density at radius 1 is 1.24 bits per heavy atom. The van der Waals surface area contributed by atoms with Crippen molar-refractivity contribution in [3.8, 4) is 11.1 Å². The second-order valence-corrected chi connectivity index (χ2v) is 7.18. The van der Waals surface area contributed by atoms with E-state index in [2.05, 4.69) is 4.98 Å². The molecule has 0 unspecified atom stereocenters. The minimum Gasteiger partial charge on any atom is -0.464 e. The molecule has 0 aliphatic rings. The van der Waals surface area contributed by atoms with Crippen molar-refractivity contribution in [1.82, 2.24) is 9.55 Å². The molecule has 130 valence electrons. The molecule has 0 aliphatic carbocycles. The number of aromatic nitrogens is 2. The molecule has 3 aromatic rings. The number of hydrogen-bond donors (Lipinski definition) is 0. The summed E-state index contributed by atoms with van der Waals surface area (Å²) in [5, 5.41) is 0.567. The predicted octanol–water partition coefficient (Wildman–Crippen LogP) is 3.70. The van der Waals surface area contributed by atoms with E-state index in [9.17, 15) is 9.59 Å². The van der Waals surface area contributed by atoms with Gasteiger partial charge in [0.15, 0.2) is 0 Å². The van der Waals surface area contributed by atoms with Crippen molar-refractivity contribution in [3.63, 3.8) is 0 Å². The Labute approximate surface area is 149 Å². The molecular formula is C19H20N2O3S. The van der Waals surface area contributed by atoms with Crippen LogP contribution in [-0.2, 0) is 16.1 Å². The highest BCUT2D eigenvalue weighted by molar-refractivity contribution is 7.19. The van der Waals surface area contributed by atoms with Crippen molar-refractivity contribution in [3.05, 3.63) is 51.4 Å². The second kappa shape index (κ2) is 7.19. The lowest BCUT2D eigenvalue weighted by Crippen LogP contribution is -2.25. The van der Waals surface area contributed by atoms with Gasteiger partial charge in [0.25, 0.3) is 5.56 Å². The summed E-state index contributed by atoms with van der Waals surface area (Å²) >= 11 is 1.49. The number of aryl methyl sites for hydroxylation is 2. The fraction of sp³-hybridized carbons (Fsp3) is 0.316. The Bertz CT molecular complexity index is 971. The molecule has 0 amide bonds. The Kier molecular flexibility index (Phi) is 4.99. The molecule has 1 aromatic carbocycles. The van der Waals surface area contributed by atoms with Crippen LogP contribution in [0.25, 0.3) is 21.3 Å². The summed E-state index contributed by atoms with van der Waals surface area (Å²) in [6.45, 7) is 6.17. The van der Waals surface area contributed by atoms with Crippen LogP contribution in [-0.4, -0.2) is 22.1 Å². The Morgan fingerprint density at radius 3 is 2.64 bits per heavy atom. The van der Waals surface area contributed by atoms with Crippen LogP contribution in [0.3, 0.4) is 0 Å². The third-order valence-electron chi connectivity index (χ3n) is 3.96. The van der Waals surface area contributed by atoms with Crippen LogP contribution in [0.4, 0.5) is 0 Å². The maximum atomic E-state index is 12.9. The van der Waals surface area contributed by atoms with Crippen molar-refractivity contribution in [2.24, 2.45) is 0 Å². The zero-order valence-corrected chi connectivity index (χ0v) is 15.4. The van der Waals surface area contributed by atoms with Gasteiger partial charge in [-0.2, -0.15) is 0 Å². The number of ether oxygens (including phenoxy) is 1. The standard InChI is InChI=1S/C19H20N2O3S/c1-4-9-24-15(22)10-21-11-20-18-17(19(21)23)16(13(3)25-18)14-7-5-12(2)6-8-14/h5-8,11H,4,9-10H2,1-3H3. The molecule has 25 heavy (non-hydrogen) atoms. The normalized spacial score (nSPS) is 11.0. The van der Waals surface area contributed by atoms with E-state index in [4.69, 9.17) is 4.74 Å². The van der Waals surface area contributed by atoms with Crippen molar-refractivity contribution in [2.45, 2.75) is 33.7 Å². The van der Waals surface area contributed by atoms with Gasteiger partial charge >= 0.3 is 5.97 Å². The molecule has 3 rings (SSSR count). The van der Waals surface area contributed by atoms with Crippen molar-refractivity contribution in [1.29, 1.82) is 0 Å². The van der Waals surface area contributed by atoms with Gasteiger partial charge in [0, 0.05) is 10.4 Å². The zero-order chi connectivity index (χ0) is 18.0. The molecule has 2 aromatic heterocycles. The first-order valence-corrected chi connectivity index (χ1v) is 9.04. The number of carbonyl (C=O) groups is 1. The number of carbonyl (C=O) groups excluding carboxylic acids is 1. The van der Waals surface area contributed by atoms with Crippen LogP contribution in [0, 0.1) is 13.8 Å². The molecule has 0 N–H and O–H groups in total. The summed E-state index contributed by atoms with van der Waals surface area (Å²) in [5.41, 5.74) is 2.84. The summed E-state index contributed by atoms with van der Waals surface area (Å²) < 4.78 is 6.40. The highest BCUT2D eigenvalue weighted by Gasteiger charge is 2.18. The molecule has 2 heterocycles. The van der Waals surface area contributed by atoms with Crippen LogP contribution in [0.5, 0.6) is 0 Å². The number of hydrogen-bond acceptors (Lipinski definition) is 5. The van der Waals surface area contributed by atoms with E-state index >= 15 is 0 Å². The third kappa shape index (κ3) is 3.49. The number of fused-ring (bicyclic) bond motifs is 1. The molecule has 0 fully saturated rings. The highest BCUT2D eigenvalue weighted by atomic mass is 32.1. The lowest BCUT2D eigenvalue weighted by molar-refractivity contribution is -0.144. The van der Waals surface area contributed by atoms with Crippen molar-refractivity contribution in [2.75, 3.05) is 6.61 Å². The Morgan fingerprint density at radius 2 is 1.96 bits per heavy atom. The fourth-order valence-corrected chi connectivity index (χ4v) is 3.72. The summed E-state index contributed by atoms with van der Waals surface area (Å²) in [5.74, 6) is -0.422. The lowest BCUT2D eigenvalue weighted by Gasteiger charge is -2.07. The molecular weight excluding hydrogens is 336 g/mol. The molecule has 0 spiro atoms. The van der Waals surface area contributed by atoms with Crippen LogP contribution >= 0.6 is 11.3 Å². The van der Waals surface area contributed by atoms with Gasteiger partial charge in [-0.1, -0.05) is 36.8 Å². The number of esters is 1. The summed E-state index contributed by atoms with van der Waals surface area (Å²) in [6, 6.07) is 8.07. The average molecular weight is 356 g/mol. The number of thiophene rings is 1. The number of nitrogens with zero attached hydrogens (tertiary/aromatic N) is 2.